The number of hydrogen-bond donors (Lipinski definition) is 1. The first kappa shape index (κ1) is 24.7. The van der Waals surface area contributed by atoms with Gasteiger partial charge in [0.2, 0.25) is 5.89 Å². The molecule has 198 valence electrons. The molecule has 1 aliphatic rings. The third-order valence-corrected chi connectivity index (χ3v) is 7.10. The first-order valence-corrected chi connectivity index (χ1v) is 12.8. The molecule has 1 aliphatic heterocycles. The summed E-state index contributed by atoms with van der Waals surface area (Å²) < 4.78 is 7.46. The van der Waals surface area contributed by atoms with Gasteiger partial charge in [-0.2, -0.15) is 0 Å². The van der Waals surface area contributed by atoms with Crippen LogP contribution in [0.2, 0.25) is 0 Å². The molecule has 5 aromatic heterocycles. The van der Waals surface area contributed by atoms with E-state index in [2.05, 4.69) is 38.8 Å². The molecule has 0 unspecified atom stereocenters. The monoisotopic (exact) mass is 523 g/mol. The van der Waals surface area contributed by atoms with E-state index in [0.29, 0.717) is 23.9 Å². The van der Waals surface area contributed by atoms with Gasteiger partial charge in [0.05, 0.1) is 6.20 Å². The number of rotatable bonds is 8. The van der Waals surface area contributed by atoms with E-state index < -0.39 is 0 Å². The van der Waals surface area contributed by atoms with Crippen molar-refractivity contribution in [1.82, 2.24) is 34.2 Å². The SMILES string of the molecule is Cc1cnc2ccc(-c3nc(C(=O)CCc4cccc(N5CC(N(C)C)C5)n4)c(N)nc3-c3ncco3)cn12. The lowest BCUT2D eigenvalue weighted by Gasteiger charge is -2.43. The number of fused-ring (bicyclic) bond motifs is 1. The van der Waals surface area contributed by atoms with Gasteiger partial charge in [-0.1, -0.05) is 6.07 Å². The molecule has 6 heterocycles. The lowest BCUT2D eigenvalue weighted by molar-refractivity contribution is 0.0978. The van der Waals surface area contributed by atoms with Crippen LogP contribution in [0.3, 0.4) is 0 Å². The number of oxazole rings is 1. The fourth-order valence-corrected chi connectivity index (χ4v) is 4.70. The Morgan fingerprint density at radius 1 is 1.10 bits per heavy atom. The van der Waals surface area contributed by atoms with Gasteiger partial charge in [0.1, 0.15) is 29.1 Å². The molecule has 0 saturated carbocycles. The molecule has 0 amide bonds. The number of pyridine rings is 2. The minimum absolute atomic E-state index is 0.0360. The second-order valence-electron chi connectivity index (χ2n) is 9.97. The number of nitrogens with two attached hydrogens (primary N) is 1. The van der Waals surface area contributed by atoms with Crippen molar-refractivity contribution >= 4 is 23.1 Å². The number of aromatic nitrogens is 6. The van der Waals surface area contributed by atoms with Crippen LogP contribution in [0.5, 0.6) is 0 Å². The molecule has 11 nitrogen and oxygen atoms in total. The number of ketones is 1. The van der Waals surface area contributed by atoms with Gasteiger partial charge < -0.3 is 24.4 Å². The van der Waals surface area contributed by atoms with E-state index in [0.717, 1.165) is 41.5 Å². The summed E-state index contributed by atoms with van der Waals surface area (Å²) in [6.45, 7) is 3.85. The van der Waals surface area contributed by atoms with Crippen molar-refractivity contribution in [3.8, 4) is 22.8 Å². The van der Waals surface area contributed by atoms with Crippen molar-refractivity contribution in [2.45, 2.75) is 25.8 Å². The molecule has 0 bridgehead atoms. The lowest BCUT2D eigenvalue weighted by atomic mass is 10.1. The number of Topliss-reactive ketones (excluding diaryl/α,β-unsaturated/α-hetero) is 1. The third kappa shape index (κ3) is 4.72. The standard InChI is InChI=1S/C28H29N9O2/c1-17-13-31-22-10-7-18(14-37(17)22)24-26(28-30-11-12-39-28)34-27(29)25(33-24)21(38)9-8-19-5-4-6-23(32-19)36-15-20(16-36)35(2)3/h4-7,10-14,20H,8-9,15-16H2,1-3H3,(H2,29,34). The molecule has 11 heteroatoms. The summed E-state index contributed by atoms with van der Waals surface area (Å²) >= 11 is 0. The average Bonchev–Trinajstić information content (AvgIpc) is 3.56. The van der Waals surface area contributed by atoms with Crippen LogP contribution in [0, 0.1) is 6.92 Å². The zero-order valence-electron chi connectivity index (χ0n) is 22.1. The largest absolute Gasteiger partial charge is 0.443 e. The number of carbonyl (C=O) groups excluding carboxylic acids is 1. The molecule has 1 fully saturated rings. The molecule has 0 aliphatic carbocycles. The van der Waals surface area contributed by atoms with Gasteiger partial charge in [0.15, 0.2) is 17.3 Å². The lowest BCUT2D eigenvalue weighted by Crippen LogP contribution is -2.57. The molecule has 0 spiro atoms. The Labute approximate surface area is 225 Å². The number of hydrogen-bond acceptors (Lipinski definition) is 10. The second-order valence-corrected chi connectivity index (χ2v) is 9.97. The average molecular weight is 524 g/mol. The quantitative estimate of drug-likeness (QED) is 0.302. The normalized spacial score (nSPS) is 13.8. The molecule has 6 rings (SSSR count). The molecule has 2 N–H and O–H groups in total. The minimum Gasteiger partial charge on any atom is -0.443 e. The third-order valence-electron chi connectivity index (χ3n) is 7.10. The Morgan fingerprint density at radius 3 is 2.72 bits per heavy atom. The van der Waals surface area contributed by atoms with Crippen molar-refractivity contribution in [3.63, 3.8) is 0 Å². The van der Waals surface area contributed by atoms with E-state index in [1.165, 1.54) is 12.5 Å². The molecular weight excluding hydrogens is 494 g/mol. The van der Waals surface area contributed by atoms with E-state index in [-0.39, 0.29) is 29.6 Å². The predicted octanol–water partition coefficient (Wildman–Crippen LogP) is 3.30. The van der Waals surface area contributed by atoms with E-state index in [1.807, 2.05) is 47.9 Å². The van der Waals surface area contributed by atoms with Crippen molar-refractivity contribution in [2.75, 3.05) is 37.8 Å². The zero-order chi connectivity index (χ0) is 27.1. The summed E-state index contributed by atoms with van der Waals surface area (Å²) in [6.07, 6.45) is 7.36. The topological polar surface area (TPSA) is 132 Å². The molecule has 0 radical (unpaired) electrons. The van der Waals surface area contributed by atoms with E-state index >= 15 is 0 Å². The maximum atomic E-state index is 13.4. The Bertz CT molecular complexity index is 1650. The van der Waals surface area contributed by atoms with Crippen LogP contribution in [0.25, 0.3) is 28.5 Å². The van der Waals surface area contributed by atoms with E-state index in [9.17, 15) is 4.79 Å². The highest BCUT2D eigenvalue weighted by Gasteiger charge is 2.29. The van der Waals surface area contributed by atoms with Crippen molar-refractivity contribution in [2.24, 2.45) is 0 Å². The second kappa shape index (κ2) is 9.91. The Kier molecular flexibility index (Phi) is 6.27. The minimum atomic E-state index is -0.205. The van der Waals surface area contributed by atoms with E-state index in [1.54, 1.807) is 6.20 Å². The Balaban J connectivity index is 1.27. The number of nitrogens with zero attached hydrogens (tertiary/aromatic N) is 8. The number of likely N-dealkylation sites (N-methyl/N-ethyl adjacent to an activating group) is 1. The number of nitrogen functional groups attached to an aromatic ring is 1. The van der Waals surface area contributed by atoms with Gasteiger partial charge in [-0.15, -0.1) is 0 Å². The molecular formula is C28H29N9O2. The molecule has 5 aromatic rings. The number of imidazole rings is 1. The summed E-state index contributed by atoms with van der Waals surface area (Å²) in [5.74, 6) is 1.03. The van der Waals surface area contributed by atoms with Gasteiger partial charge in [-0.3, -0.25) is 4.79 Å². The number of anilines is 2. The summed E-state index contributed by atoms with van der Waals surface area (Å²) in [6, 6.07) is 10.2. The van der Waals surface area contributed by atoms with Crippen LogP contribution < -0.4 is 10.6 Å². The van der Waals surface area contributed by atoms with Crippen molar-refractivity contribution in [1.29, 1.82) is 0 Å². The van der Waals surface area contributed by atoms with Gasteiger partial charge in [-0.05, 0) is 51.7 Å². The fraction of sp³-hybridized carbons (Fsp3) is 0.286. The van der Waals surface area contributed by atoms with E-state index in [4.69, 9.17) is 20.1 Å². The smallest absolute Gasteiger partial charge is 0.247 e. The molecule has 1 saturated heterocycles. The van der Waals surface area contributed by atoms with Gasteiger partial charge in [0.25, 0.3) is 0 Å². The maximum absolute atomic E-state index is 13.4. The predicted molar refractivity (Wildman–Crippen MR) is 147 cm³/mol. The highest BCUT2D eigenvalue weighted by molar-refractivity contribution is 5.99. The van der Waals surface area contributed by atoms with Gasteiger partial charge >= 0.3 is 0 Å². The Morgan fingerprint density at radius 2 is 1.95 bits per heavy atom. The van der Waals surface area contributed by atoms with Crippen LogP contribution in [-0.4, -0.2) is 73.2 Å². The first-order chi connectivity index (χ1) is 18.9. The highest BCUT2D eigenvalue weighted by atomic mass is 16.3. The van der Waals surface area contributed by atoms with Crippen LogP contribution in [-0.2, 0) is 6.42 Å². The summed E-state index contributed by atoms with van der Waals surface area (Å²) in [4.78, 5) is 40.5. The summed E-state index contributed by atoms with van der Waals surface area (Å²) in [5.41, 5.74) is 10.6. The highest BCUT2D eigenvalue weighted by Crippen LogP contribution is 2.31. The van der Waals surface area contributed by atoms with Gasteiger partial charge in [0, 0.05) is 54.9 Å². The van der Waals surface area contributed by atoms with Crippen LogP contribution in [0.4, 0.5) is 11.6 Å². The van der Waals surface area contributed by atoms with Crippen molar-refractivity contribution < 1.29 is 9.21 Å². The van der Waals surface area contributed by atoms with Crippen LogP contribution in [0.1, 0.15) is 28.3 Å². The maximum Gasteiger partial charge on any atom is 0.247 e. The van der Waals surface area contributed by atoms with Crippen molar-refractivity contribution in [3.05, 3.63) is 72.3 Å². The molecule has 39 heavy (non-hydrogen) atoms. The number of carbonyl (C=O) groups is 1. The van der Waals surface area contributed by atoms with Crippen LogP contribution in [0.15, 0.2) is 59.6 Å². The first-order valence-electron chi connectivity index (χ1n) is 12.8. The zero-order valence-corrected chi connectivity index (χ0v) is 22.1. The number of aryl methyl sites for hydroxylation is 2. The molecule has 0 atom stereocenters. The van der Waals surface area contributed by atoms with Gasteiger partial charge in [-0.25, -0.2) is 24.9 Å². The molecule has 0 aromatic carbocycles. The summed E-state index contributed by atoms with van der Waals surface area (Å²) in [5, 5.41) is 0. The Hall–Kier alpha value is -4.64. The fourth-order valence-electron chi connectivity index (χ4n) is 4.70. The summed E-state index contributed by atoms with van der Waals surface area (Å²) in [7, 11) is 4.18. The van der Waals surface area contributed by atoms with Crippen LogP contribution >= 0.6 is 0 Å².